The highest BCUT2D eigenvalue weighted by Crippen LogP contribution is 2.32. The van der Waals surface area contributed by atoms with Gasteiger partial charge < -0.3 is 18.6 Å². The van der Waals surface area contributed by atoms with Crippen LogP contribution in [0.25, 0.3) is 0 Å². The number of amides is 1. The maximum absolute atomic E-state index is 12.9. The molecule has 2 fully saturated rings. The van der Waals surface area contributed by atoms with E-state index in [9.17, 15) is 13.2 Å². The molecule has 8 heteroatoms. The van der Waals surface area contributed by atoms with Crippen molar-refractivity contribution in [3.63, 3.8) is 0 Å². The van der Waals surface area contributed by atoms with E-state index in [1.165, 1.54) is 7.11 Å². The van der Waals surface area contributed by atoms with E-state index in [4.69, 9.17) is 13.7 Å². The third-order valence-corrected chi connectivity index (χ3v) is 5.54. The van der Waals surface area contributed by atoms with Crippen LogP contribution in [0.15, 0.2) is 18.2 Å². The fraction of sp³-hybridized carbons (Fsp3) is 0.632. The van der Waals surface area contributed by atoms with Gasteiger partial charge >= 0.3 is 10.1 Å². The predicted molar refractivity (Wildman–Crippen MR) is 100 cm³/mol. The van der Waals surface area contributed by atoms with Crippen LogP contribution in [0.3, 0.4) is 0 Å². The predicted octanol–water partition coefficient (Wildman–Crippen LogP) is 2.34. The number of ether oxygens (including phenoxy) is 2. The van der Waals surface area contributed by atoms with Crippen LogP contribution in [0.4, 0.5) is 0 Å². The first kappa shape index (κ1) is 19.9. The second kappa shape index (κ2) is 8.48. The Balaban J connectivity index is 1.78. The van der Waals surface area contributed by atoms with Gasteiger partial charge in [0.1, 0.15) is 0 Å². The Morgan fingerprint density at radius 2 is 2.00 bits per heavy atom. The highest BCUT2D eigenvalue weighted by molar-refractivity contribution is 7.86. The number of rotatable bonds is 8. The summed E-state index contributed by atoms with van der Waals surface area (Å²) in [4.78, 5) is 14.7. The van der Waals surface area contributed by atoms with Gasteiger partial charge in [0.15, 0.2) is 11.5 Å². The molecule has 1 atom stereocenters. The number of hydrogen-bond acceptors (Lipinski definition) is 6. The maximum Gasteiger partial charge on any atom is 0.306 e. The fourth-order valence-electron chi connectivity index (χ4n) is 3.45. The molecule has 27 heavy (non-hydrogen) atoms. The van der Waals surface area contributed by atoms with Crippen molar-refractivity contribution in [3.8, 4) is 11.5 Å². The van der Waals surface area contributed by atoms with Gasteiger partial charge in [0.2, 0.25) is 5.91 Å². The highest BCUT2D eigenvalue weighted by atomic mass is 32.2. The number of hydrogen-bond donors (Lipinski definition) is 0. The average molecular weight is 397 g/mol. The van der Waals surface area contributed by atoms with Crippen molar-refractivity contribution in [1.29, 1.82) is 0 Å². The molecule has 2 aliphatic rings. The smallest absolute Gasteiger partial charge is 0.306 e. The third-order valence-electron chi connectivity index (χ3n) is 5.06. The van der Waals surface area contributed by atoms with E-state index in [1.54, 1.807) is 12.1 Å². The van der Waals surface area contributed by atoms with Gasteiger partial charge in [-0.15, -0.1) is 0 Å². The first-order chi connectivity index (χ1) is 12.9. The van der Waals surface area contributed by atoms with Crippen LogP contribution in [0.5, 0.6) is 11.5 Å². The fourth-order valence-corrected chi connectivity index (χ4v) is 3.90. The molecule has 7 nitrogen and oxygen atoms in total. The summed E-state index contributed by atoms with van der Waals surface area (Å²) >= 11 is 0. The molecule has 0 N–H and O–H groups in total. The van der Waals surface area contributed by atoms with Gasteiger partial charge in [-0.2, -0.15) is 8.42 Å². The van der Waals surface area contributed by atoms with Crippen molar-refractivity contribution in [2.75, 3.05) is 26.5 Å². The summed E-state index contributed by atoms with van der Waals surface area (Å²) in [6.07, 6.45) is 6.00. The number of methoxy groups -OCH3 is 1. The van der Waals surface area contributed by atoms with Crippen LogP contribution < -0.4 is 8.92 Å². The minimum Gasteiger partial charge on any atom is -0.493 e. The van der Waals surface area contributed by atoms with Crippen LogP contribution >= 0.6 is 0 Å². The van der Waals surface area contributed by atoms with Crippen molar-refractivity contribution in [2.24, 2.45) is 5.92 Å². The van der Waals surface area contributed by atoms with E-state index in [1.807, 2.05) is 11.0 Å². The molecule has 150 valence electrons. The van der Waals surface area contributed by atoms with Crippen molar-refractivity contribution in [1.82, 2.24) is 4.90 Å². The van der Waals surface area contributed by atoms with Gasteiger partial charge in [-0.25, -0.2) is 0 Å². The van der Waals surface area contributed by atoms with E-state index in [-0.39, 0.29) is 23.7 Å². The average Bonchev–Trinajstić information content (AvgIpc) is 3.04. The van der Waals surface area contributed by atoms with Gasteiger partial charge in [-0.05, 0) is 43.4 Å². The lowest BCUT2D eigenvalue weighted by molar-refractivity contribution is -0.140. The summed E-state index contributed by atoms with van der Waals surface area (Å²) in [5.74, 6) is 0.709. The standard InChI is InChI=1S/C19H27NO6S/c1-24-17-9-8-14(11-18(17)26-27(2,22)23)12-20(13-16-7-4-10-25-16)19(21)15-5-3-6-15/h8-9,11,15-16H,3-7,10,12-13H2,1-2H3/t16-/m1/s1. The van der Waals surface area contributed by atoms with Crippen molar-refractivity contribution < 1.29 is 26.9 Å². The lowest BCUT2D eigenvalue weighted by atomic mass is 9.84. The van der Waals surface area contributed by atoms with Crippen LogP contribution in [-0.4, -0.2) is 51.8 Å². The highest BCUT2D eigenvalue weighted by Gasteiger charge is 2.31. The lowest BCUT2D eigenvalue weighted by Crippen LogP contribution is -2.42. The lowest BCUT2D eigenvalue weighted by Gasteiger charge is -2.33. The van der Waals surface area contributed by atoms with E-state index in [0.717, 1.165) is 50.5 Å². The van der Waals surface area contributed by atoms with Crippen molar-refractivity contribution >= 4 is 16.0 Å². The summed E-state index contributed by atoms with van der Waals surface area (Å²) in [6.45, 7) is 1.69. The number of nitrogens with zero attached hydrogens (tertiary/aromatic N) is 1. The van der Waals surface area contributed by atoms with Crippen molar-refractivity contribution in [3.05, 3.63) is 23.8 Å². The molecule has 1 aliphatic carbocycles. The summed E-state index contributed by atoms with van der Waals surface area (Å²) in [7, 11) is -2.23. The molecule has 1 saturated carbocycles. The van der Waals surface area contributed by atoms with E-state index in [2.05, 4.69) is 0 Å². The van der Waals surface area contributed by atoms with Crippen LogP contribution in [0.1, 0.15) is 37.7 Å². The third kappa shape index (κ3) is 5.35. The van der Waals surface area contributed by atoms with E-state index < -0.39 is 10.1 Å². The van der Waals surface area contributed by atoms with E-state index >= 15 is 0 Å². The Morgan fingerprint density at radius 1 is 1.22 bits per heavy atom. The Hall–Kier alpha value is -1.80. The van der Waals surface area contributed by atoms with Gasteiger partial charge in [0.05, 0.1) is 19.5 Å². The molecule has 1 saturated heterocycles. The molecule has 1 heterocycles. The first-order valence-electron chi connectivity index (χ1n) is 9.32. The Kier molecular flexibility index (Phi) is 6.26. The summed E-state index contributed by atoms with van der Waals surface area (Å²) < 4.78 is 39.0. The molecule has 0 radical (unpaired) electrons. The topological polar surface area (TPSA) is 82.1 Å². The maximum atomic E-state index is 12.9. The molecule has 0 bridgehead atoms. The first-order valence-corrected chi connectivity index (χ1v) is 11.1. The Labute approximate surface area is 160 Å². The molecule has 0 spiro atoms. The molecular weight excluding hydrogens is 370 g/mol. The SMILES string of the molecule is COc1ccc(CN(C[C@H]2CCCO2)C(=O)C2CCC2)cc1OS(C)(=O)=O. The monoisotopic (exact) mass is 397 g/mol. The molecular formula is C19H27NO6S. The summed E-state index contributed by atoms with van der Waals surface area (Å²) in [5, 5.41) is 0. The molecule has 1 amide bonds. The number of carbonyl (C=O) groups excluding carboxylic acids is 1. The summed E-state index contributed by atoms with van der Waals surface area (Å²) in [5.41, 5.74) is 0.792. The Bertz CT molecular complexity index is 768. The van der Waals surface area contributed by atoms with Gasteiger partial charge in [0, 0.05) is 25.6 Å². The van der Waals surface area contributed by atoms with E-state index in [0.29, 0.717) is 18.8 Å². The molecule has 0 aromatic heterocycles. The van der Waals surface area contributed by atoms with Gasteiger partial charge in [0.25, 0.3) is 0 Å². The second-order valence-electron chi connectivity index (χ2n) is 7.25. The van der Waals surface area contributed by atoms with Crippen molar-refractivity contribution in [2.45, 2.75) is 44.8 Å². The Morgan fingerprint density at radius 3 is 2.56 bits per heavy atom. The number of carbonyl (C=O) groups is 1. The normalized spacial score (nSPS) is 20.1. The zero-order valence-corrected chi connectivity index (χ0v) is 16.7. The molecule has 1 aromatic carbocycles. The molecule has 1 aliphatic heterocycles. The van der Waals surface area contributed by atoms with Crippen LogP contribution in [-0.2, 0) is 26.2 Å². The minimum absolute atomic E-state index is 0.0685. The van der Waals surface area contributed by atoms with Crippen LogP contribution in [0, 0.1) is 5.92 Å². The second-order valence-corrected chi connectivity index (χ2v) is 8.83. The zero-order valence-electron chi connectivity index (χ0n) is 15.8. The molecule has 1 aromatic rings. The van der Waals surface area contributed by atoms with Gasteiger partial charge in [-0.3, -0.25) is 4.79 Å². The molecule has 3 rings (SSSR count). The quantitative estimate of drug-likeness (QED) is 0.626. The zero-order chi connectivity index (χ0) is 19.4. The summed E-state index contributed by atoms with van der Waals surface area (Å²) in [6, 6.07) is 5.11. The van der Waals surface area contributed by atoms with Crippen LogP contribution in [0.2, 0.25) is 0 Å². The van der Waals surface area contributed by atoms with Gasteiger partial charge in [-0.1, -0.05) is 12.5 Å². The minimum atomic E-state index is -3.68. The number of benzene rings is 1. The largest absolute Gasteiger partial charge is 0.493 e. The molecule has 0 unspecified atom stereocenters.